The van der Waals surface area contributed by atoms with Crippen LogP contribution in [0.15, 0.2) is 89.9 Å². The van der Waals surface area contributed by atoms with Gasteiger partial charge in [0, 0.05) is 30.5 Å². The minimum absolute atomic E-state index is 0.0214. The van der Waals surface area contributed by atoms with Crippen molar-refractivity contribution in [3.63, 3.8) is 0 Å². The van der Waals surface area contributed by atoms with E-state index < -0.39 is 0 Å². The number of hydrogen-bond acceptors (Lipinski definition) is 4. The molecule has 6 heteroatoms. The van der Waals surface area contributed by atoms with Crippen LogP contribution in [-0.2, 0) is 23.1 Å². The maximum atomic E-state index is 13.9. The fraction of sp³-hybridized carbons (Fsp3) is 0.438. The van der Waals surface area contributed by atoms with E-state index in [1.807, 2.05) is 36.4 Å². The number of fused-ring (bicyclic) bond motifs is 1. The van der Waals surface area contributed by atoms with Gasteiger partial charge >= 0.3 is 0 Å². The number of nitrogens with zero attached hydrogens (tertiary/aromatic N) is 2. The van der Waals surface area contributed by atoms with Gasteiger partial charge < -0.3 is 10.1 Å². The Morgan fingerprint density at radius 3 is 1.94 bits per heavy atom. The van der Waals surface area contributed by atoms with Crippen molar-refractivity contribution in [3.8, 4) is 22.8 Å². The quantitative estimate of drug-likeness (QED) is 0.0880. The monoisotopic (exact) mass is 725 g/mol. The third kappa shape index (κ3) is 9.50. The van der Waals surface area contributed by atoms with Crippen LogP contribution >= 0.6 is 0 Å². The number of aromatic hydroxyl groups is 1. The van der Waals surface area contributed by atoms with E-state index in [1.165, 1.54) is 69.8 Å². The van der Waals surface area contributed by atoms with Crippen molar-refractivity contribution < 1.29 is 9.90 Å². The fourth-order valence-electron chi connectivity index (χ4n) is 7.74. The number of hydrogen-bond donors (Lipinski definition) is 2. The molecule has 0 bridgehead atoms. The number of ketones is 1. The molecule has 54 heavy (non-hydrogen) atoms. The maximum absolute atomic E-state index is 13.9. The second kappa shape index (κ2) is 17.6. The molecule has 3 aromatic rings. The van der Waals surface area contributed by atoms with Crippen molar-refractivity contribution in [2.45, 2.75) is 124 Å². The standard InChI is InChI=1S/C48H59N3O3/c1-6-7-8-9-10-11-12-13-14-15-16-33(2)40-31-41(45(40)53)36-21-17-34(18-22-36)30-43-47(54)51-32-44(37-23-27-39(52)28-24-37)49-42(46(51)50-43)29-35-19-25-38(26-20-35)48(3,4)5/h17-28,31-33,40,49,52H,6-16,29-30H2,1-5H3. The number of carbonyl (C=O) groups is 1. The Bertz CT molecular complexity index is 2040. The third-order valence-electron chi connectivity index (χ3n) is 11.3. The summed E-state index contributed by atoms with van der Waals surface area (Å²) in [6, 6.07) is 23.6. The first kappa shape index (κ1) is 39.0. The summed E-state index contributed by atoms with van der Waals surface area (Å²) in [5.74, 6) is 1.45. The van der Waals surface area contributed by atoms with Crippen molar-refractivity contribution in [3.05, 3.63) is 129 Å². The van der Waals surface area contributed by atoms with Crippen LogP contribution in [0.1, 0.15) is 139 Å². The number of aromatic amines is 1. The lowest BCUT2D eigenvalue weighted by molar-refractivity contribution is -0.118. The number of nitrogens with one attached hydrogen (secondary N) is 1. The van der Waals surface area contributed by atoms with Gasteiger partial charge in [0.15, 0.2) is 11.6 Å². The van der Waals surface area contributed by atoms with Crippen LogP contribution < -0.4 is 5.56 Å². The third-order valence-corrected chi connectivity index (χ3v) is 11.3. The first-order chi connectivity index (χ1) is 26.0. The van der Waals surface area contributed by atoms with Gasteiger partial charge in [-0.15, -0.1) is 0 Å². The predicted molar refractivity (Wildman–Crippen MR) is 222 cm³/mol. The number of benzene rings is 3. The van der Waals surface area contributed by atoms with Crippen LogP contribution in [0.4, 0.5) is 0 Å². The van der Waals surface area contributed by atoms with E-state index in [1.54, 1.807) is 22.9 Å². The zero-order valence-electron chi connectivity index (χ0n) is 33.1. The fourth-order valence-corrected chi connectivity index (χ4v) is 7.74. The first-order valence-corrected chi connectivity index (χ1v) is 20.4. The van der Waals surface area contributed by atoms with Crippen molar-refractivity contribution in [1.29, 1.82) is 0 Å². The highest BCUT2D eigenvalue weighted by atomic mass is 16.3. The van der Waals surface area contributed by atoms with Gasteiger partial charge in [0.2, 0.25) is 0 Å². The summed E-state index contributed by atoms with van der Waals surface area (Å²) in [6.07, 6.45) is 19.3. The molecule has 3 aromatic carbocycles. The van der Waals surface area contributed by atoms with Gasteiger partial charge in [0.25, 0.3) is 5.56 Å². The summed E-state index contributed by atoms with van der Waals surface area (Å²) in [4.78, 5) is 35.6. The van der Waals surface area contributed by atoms with E-state index in [4.69, 9.17) is 4.98 Å². The molecule has 284 valence electrons. The molecule has 2 heterocycles. The number of unbranched alkanes of at least 4 members (excludes halogenated alkanes) is 9. The van der Waals surface area contributed by atoms with E-state index in [9.17, 15) is 14.7 Å². The lowest BCUT2D eigenvalue weighted by Crippen LogP contribution is -2.29. The zero-order chi connectivity index (χ0) is 38.2. The molecule has 0 saturated carbocycles. The lowest BCUT2D eigenvalue weighted by atomic mass is 9.73. The predicted octanol–water partition coefficient (Wildman–Crippen LogP) is 11.4. The maximum Gasteiger partial charge on any atom is 0.278 e. The van der Waals surface area contributed by atoms with Gasteiger partial charge in [-0.05, 0) is 69.8 Å². The van der Waals surface area contributed by atoms with Gasteiger partial charge in [0.1, 0.15) is 11.4 Å². The van der Waals surface area contributed by atoms with Crippen molar-refractivity contribution >= 4 is 11.4 Å². The highest BCUT2D eigenvalue weighted by Crippen LogP contribution is 2.37. The number of aromatic nitrogens is 3. The SMILES string of the molecule is CCCCCCCCCCCCC(C)C1C=C(c2ccc(Cc3nc4c(Cc5ccc(C(C)(C)C)cc5)[nH]c(-c5ccc(O)cc5)cn-4c3=O)cc2)C1=O. The summed E-state index contributed by atoms with van der Waals surface area (Å²) in [5, 5.41) is 9.89. The highest BCUT2D eigenvalue weighted by molar-refractivity contribution is 6.28. The zero-order valence-corrected chi connectivity index (χ0v) is 33.1. The molecule has 2 atom stereocenters. The van der Waals surface area contributed by atoms with Gasteiger partial charge in [0.05, 0.1) is 11.4 Å². The molecule has 0 aromatic heterocycles. The van der Waals surface area contributed by atoms with E-state index in [0.29, 0.717) is 30.3 Å². The number of Topliss-reactive ketones (excluding diaryl/α,β-unsaturated/α-hetero) is 1. The molecule has 0 saturated heterocycles. The van der Waals surface area contributed by atoms with Gasteiger partial charge in [-0.3, -0.25) is 14.2 Å². The number of carbonyl (C=O) groups excluding carboxylic acids is 1. The number of imidazole rings is 1. The van der Waals surface area contributed by atoms with Crippen molar-refractivity contribution in [1.82, 2.24) is 14.5 Å². The van der Waals surface area contributed by atoms with Crippen LogP contribution in [-0.4, -0.2) is 25.4 Å². The van der Waals surface area contributed by atoms with Gasteiger partial charge in [-0.25, -0.2) is 4.98 Å². The molecule has 2 unspecified atom stereocenters. The summed E-state index contributed by atoms with van der Waals surface area (Å²) in [5.41, 5.74) is 7.96. The van der Waals surface area contributed by atoms with E-state index >= 15 is 0 Å². The van der Waals surface area contributed by atoms with Crippen LogP contribution in [0.3, 0.4) is 0 Å². The molecule has 0 spiro atoms. The van der Waals surface area contributed by atoms with E-state index in [2.05, 4.69) is 69.9 Å². The molecule has 0 amide bonds. The first-order valence-electron chi connectivity index (χ1n) is 20.4. The Labute approximate surface area is 322 Å². The Morgan fingerprint density at radius 1 is 0.759 bits per heavy atom. The average molecular weight is 726 g/mol. The molecular weight excluding hydrogens is 667 g/mol. The minimum Gasteiger partial charge on any atom is -0.508 e. The second-order valence-corrected chi connectivity index (χ2v) is 16.7. The number of phenols is 1. The normalized spacial score (nSPS) is 15.0. The van der Waals surface area contributed by atoms with Crippen LogP contribution in [0, 0.1) is 11.8 Å². The summed E-state index contributed by atoms with van der Waals surface area (Å²) in [6.45, 7) is 11.1. The molecular formula is C48H59N3O3. The summed E-state index contributed by atoms with van der Waals surface area (Å²) < 4.78 is 1.65. The van der Waals surface area contributed by atoms with Gasteiger partial charge in [-0.2, -0.15) is 0 Å². The Morgan fingerprint density at radius 2 is 1.33 bits per heavy atom. The van der Waals surface area contributed by atoms with Crippen LogP contribution in [0.2, 0.25) is 0 Å². The molecule has 0 fully saturated rings. The smallest absolute Gasteiger partial charge is 0.278 e. The van der Waals surface area contributed by atoms with Crippen LogP contribution in [0.5, 0.6) is 5.75 Å². The summed E-state index contributed by atoms with van der Waals surface area (Å²) in [7, 11) is 0. The molecule has 6 rings (SSSR count). The number of rotatable bonds is 18. The second-order valence-electron chi connectivity index (χ2n) is 16.7. The molecule has 0 radical (unpaired) electrons. The molecule has 6 nitrogen and oxygen atoms in total. The Hall–Kier alpha value is -4.71. The largest absolute Gasteiger partial charge is 0.508 e. The molecule has 1 aliphatic carbocycles. The highest BCUT2D eigenvalue weighted by Gasteiger charge is 2.34. The average Bonchev–Trinajstić information content (AvgIpc) is 3.47. The Kier molecular flexibility index (Phi) is 12.7. The Balaban J connectivity index is 1.11. The molecule has 2 N–H and O–H groups in total. The number of H-pyrrole nitrogens is 1. The molecule has 3 aliphatic rings. The minimum atomic E-state index is -0.149. The number of phenolic OH excluding ortho intramolecular Hbond substituents is 1. The summed E-state index contributed by atoms with van der Waals surface area (Å²) >= 11 is 0. The van der Waals surface area contributed by atoms with Gasteiger partial charge in [-0.1, -0.05) is 153 Å². The molecule has 2 aliphatic heterocycles. The van der Waals surface area contributed by atoms with Crippen LogP contribution in [0.25, 0.3) is 22.6 Å². The van der Waals surface area contributed by atoms with E-state index in [0.717, 1.165) is 45.6 Å². The lowest BCUT2D eigenvalue weighted by Gasteiger charge is -2.29. The van der Waals surface area contributed by atoms with Crippen molar-refractivity contribution in [2.75, 3.05) is 0 Å². The van der Waals surface area contributed by atoms with Crippen molar-refractivity contribution in [2.24, 2.45) is 11.8 Å². The number of allylic oxidation sites excluding steroid dienone is 2. The van der Waals surface area contributed by atoms with E-state index in [-0.39, 0.29) is 28.4 Å². The topological polar surface area (TPSA) is 88.0 Å².